The van der Waals surface area contributed by atoms with Gasteiger partial charge in [0.05, 0.1) is 12.5 Å². The van der Waals surface area contributed by atoms with E-state index in [0.29, 0.717) is 6.04 Å². The molecule has 130 valence electrons. The fourth-order valence-corrected chi connectivity index (χ4v) is 4.66. The van der Waals surface area contributed by atoms with Crippen molar-refractivity contribution in [2.45, 2.75) is 43.8 Å². The topological polar surface area (TPSA) is 76.5 Å². The normalized spacial score (nSPS) is 27.6. The summed E-state index contributed by atoms with van der Waals surface area (Å²) in [6.07, 6.45) is 8.85. The van der Waals surface area contributed by atoms with Crippen molar-refractivity contribution in [3.8, 4) is 0 Å². The van der Waals surface area contributed by atoms with Gasteiger partial charge in [-0.1, -0.05) is 0 Å². The molecule has 3 heterocycles. The van der Waals surface area contributed by atoms with E-state index in [-0.39, 0.29) is 12.1 Å². The van der Waals surface area contributed by atoms with Gasteiger partial charge in [0.25, 0.3) is 0 Å². The maximum absolute atomic E-state index is 11.7. The Morgan fingerprint density at radius 1 is 1.35 bits per heavy atom. The van der Waals surface area contributed by atoms with Crippen molar-refractivity contribution in [3.05, 3.63) is 18.0 Å². The molecular formula is C15H26N4O3S. The highest BCUT2D eigenvalue weighted by Crippen LogP contribution is 2.28. The van der Waals surface area contributed by atoms with Gasteiger partial charge in [-0.05, 0) is 31.2 Å². The number of hydrogen-bond acceptors (Lipinski definition) is 5. The van der Waals surface area contributed by atoms with Crippen LogP contribution in [-0.2, 0) is 28.2 Å². The van der Waals surface area contributed by atoms with Crippen molar-refractivity contribution in [2.75, 3.05) is 26.0 Å². The van der Waals surface area contributed by atoms with Crippen LogP contribution < -0.4 is 4.72 Å². The van der Waals surface area contributed by atoms with Crippen molar-refractivity contribution >= 4 is 10.0 Å². The predicted octanol–water partition coefficient (Wildman–Crippen LogP) is 0.134. The Bertz CT molecular complexity index is 624. The Morgan fingerprint density at radius 3 is 2.70 bits per heavy atom. The summed E-state index contributed by atoms with van der Waals surface area (Å²) >= 11 is 0. The summed E-state index contributed by atoms with van der Waals surface area (Å²) < 4.78 is 33.5. The van der Waals surface area contributed by atoms with Crippen LogP contribution in [0.5, 0.6) is 0 Å². The zero-order chi connectivity index (χ0) is 16.4. The molecule has 0 aliphatic carbocycles. The molecule has 2 aliphatic rings. The van der Waals surface area contributed by atoms with E-state index in [2.05, 4.69) is 14.7 Å². The van der Waals surface area contributed by atoms with Gasteiger partial charge < -0.3 is 4.74 Å². The molecule has 2 atom stereocenters. The highest BCUT2D eigenvalue weighted by molar-refractivity contribution is 7.88. The zero-order valence-corrected chi connectivity index (χ0v) is 14.6. The van der Waals surface area contributed by atoms with Crippen molar-refractivity contribution < 1.29 is 13.2 Å². The fraction of sp³-hybridized carbons (Fsp3) is 0.800. The molecule has 0 unspecified atom stereocenters. The number of hydrogen-bond donors (Lipinski definition) is 1. The predicted molar refractivity (Wildman–Crippen MR) is 87.6 cm³/mol. The molecular weight excluding hydrogens is 316 g/mol. The third-order valence-electron chi connectivity index (χ3n) is 4.82. The minimum atomic E-state index is -3.20. The van der Waals surface area contributed by atoms with Gasteiger partial charge in [0.2, 0.25) is 10.0 Å². The Balaban J connectivity index is 1.77. The van der Waals surface area contributed by atoms with E-state index < -0.39 is 10.0 Å². The summed E-state index contributed by atoms with van der Waals surface area (Å²) in [5.41, 5.74) is 1.15. The SMILES string of the molecule is Cn1cc(C[C@@H]2[C@H](NS(C)(=O)=O)CCN2C2CCOCC2)cn1. The van der Waals surface area contributed by atoms with Crippen LogP contribution >= 0.6 is 0 Å². The van der Waals surface area contributed by atoms with E-state index in [4.69, 9.17) is 4.74 Å². The lowest BCUT2D eigenvalue weighted by atomic mass is 10.00. The van der Waals surface area contributed by atoms with E-state index in [1.165, 1.54) is 6.26 Å². The lowest BCUT2D eigenvalue weighted by Crippen LogP contribution is -2.50. The largest absolute Gasteiger partial charge is 0.381 e. The standard InChI is InChI=1S/C15H26N4O3S/c1-18-11-12(10-16-18)9-15-14(17-23(2,20)21)3-6-19(15)13-4-7-22-8-5-13/h10-11,13-15,17H,3-9H2,1-2H3/t14-,15-/m1/s1. The summed E-state index contributed by atoms with van der Waals surface area (Å²) in [7, 11) is -1.30. The van der Waals surface area contributed by atoms with E-state index in [0.717, 1.165) is 51.0 Å². The Morgan fingerprint density at radius 2 is 2.09 bits per heavy atom. The molecule has 1 aromatic heterocycles. The smallest absolute Gasteiger partial charge is 0.209 e. The van der Waals surface area contributed by atoms with Gasteiger partial charge in [-0.25, -0.2) is 13.1 Å². The summed E-state index contributed by atoms with van der Waals surface area (Å²) in [6, 6.07) is 0.627. The molecule has 0 radical (unpaired) electrons. The van der Waals surface area contributed by atoms with Crippen LogP contribution in [0, 0.1) is 0 Å². The maximum Gasteiger partial charge on any atom is 0.209 e. The Labute approximate surface area is 138 Å². The van der Waals surface area contributed by atoms with Crippen LogP contribution in [0.2, 0.25) is 0 Å². The second kappa shape index (κ2) is 6.88. The number of sulfonamides is 1. The van der Waals surface area contributed by atoms with Crippen molar-refractivity contribution in [2.24, 2.45) is 7.05 Å². The minimum absolute atomic E-state index is 0.0342. The van der Waals surface area contributed by atoms with Gasteiger partial charge >= 0.3 is 0 Å². The summed E-state index contributed by atoms with van der Waals surface area (Å²) in [6.45, 7) is 2.53. The molecule has 23 heavy (non-hydrogen) atoms. The second-order valence-electron chi connectivity index (χ2n) is 6.66. The van der Waals surface area contributed by atoms with Gasteiger partial charge in [-0.2, -0.15) is 5.10 Å². The molecule has 0 spiro atoms. The van der Waals surface area contributed by atoms with E-state index in [9.17, 15) is 8.42 Å². The van der Waals surface area contributed by atoms with Crippen molar-refractivity contribution in [1.82, 2.24) is 19.4 Å². The monoisotopic (exact) mass is 342 g/mol. The number of likely N-dealkylation sites (tertiary alicyclic amines) is 1. The summed E-state index contributed by atoms with van der Waals surface area (Å²) in [5.74, 6) is 0. The molecule has 8 heteroatoms. The second-order valence-corrected chi connectivity index (χ2v) is 8.44. The number of aromatic nitrogens is 2. The van der Waals surface area contributed by atoms with Crippen LogP contribution in [0.15, 0.2) is 12.4 Å². The third-order valence-corrected chi connectivity index (χ3v) is 5.55. The lowest BCUT2D eigenvalue weighted by molar-refractivity contribution is 0.0279. The third kappa shape index (κ3) is 4.32. The van der Waals surface area contributed by atoms with Crippen LogP contribution in [0.25, 0.3) is 0 Å². The molecule has 2 saturated heterocycles. The first-order valence-corrected chi connectivity index (χ1v) is 10.1. The van der Waals surface area contributed by atoms with Crippen LogP contribution in [0.3, 0.4) is 0 Å². The van der Waals surface area contributed by atoms with Crippen molar-refractivity contribution in [1.29, 1.82) is 0 Å². The van der Waals surface area contributed by atoms with Gasteiger partial charge in [-0.15, -0.1) is 0 Å². The highest BCUT2D eigenvalue weighted by atomic mass is 32.2. The first-order chi connectivity index (χ1) is 10.9. The molecule has 7 nitrogen and oxygen atoms in total. The molecule has 1 N–H and O–H groups in total. The number of ether oxygens (including phenoxy) is 1. The quantitative estimate of drug-likeness (QED) is 0.823. The summed E-state index contributed by atoms with van der Waals surface area (Å²) in [4.78, 5) is 2.48. The fourth-order valence-electron chi connectivity index (χ4n) is 3.84. The van der Waals surface area contributed by atoms with Gasteiger partial charge in [-0.3, -0.25) is 9.58 Å². The molecule has 3 rings (SSSR count). The van der Waals surface area contributed by atoms with Gasteiger partial charge in [0.1, 0.15) is 0 Å². The molecule has 1 aromatic rings. The Hall–Kier alpha value is -0.960. The van der Waals surface area contributed by atoms with Crippen LogP contribution in [0.1, 0.15) is 24.8 Å². The molecule has 0 bridgehead atoms. The number of nitrogens with one attached hydrogen (secondary N) is 1. The average Bonchev–Trinajstić information content (AvgIpc) is 3.06. The first-order valence-electron chi connectivity index (χ1n) is 8.21. The number of aryl methyl sites for hydroxylation is 1. The van der Waals surface area contributed by atoms with E-state index in [1.54, 1.807) is 4.68 Å². The van der Waals surface area contributed by atoms with E-state index in [1.807, 2.05) is 19.4 Å². The number of rotatable bonds is 5. The van der Waals surface area contributed by atoms with Gasteiger partial charge in [0.15, 0.2) is 0 Å². The van der Waals surface area contributed by atoms with Crippen LogP contribution in [0.4, 0.5) is 0 Å². The average molecular weight is 342 g/mol. The minimum Gasteiger partial charge on any atom is -0.381 e. The lowest BCUT2D eigenvalue weighted by Gasteiger charge is -2.36. The van der Waals surface area contributed by atoms with Gasteiger partial charge in [0, 0.05) is 51.1 Å². The van der Waals surface area contributed by atoms with Crippen molar-refractivity contribution in [3.63, 3.8) is 0 Å². The Kier molecular flexibility index (Phi) is 5.05. The van der Waals surface area contributed by atoms with E-state index >= 15 is 0 Å². The zero-order valence-electron chi connectivity index (χ0n) is 13.8. The molecule has 0 saturated carbocycles. The number of nitrogens with zero attached hydrogens (tertiary/aromatic N) is 3. The first kappa shape index (κ1) is 16.9. The molecule has 2 aliphatic heterocycles. The molecule has 0 aromatic carbocycles. The molecule has 0 amide bonds. The molecule has 2 fully saturated rings. The maximum atomic E-state index is 11.7. The summed E-state index contributed by atoms with van der Waals surface area (Å²) in [5, 5.41) is 4.24. The van der Waals surface area contributed by atoms with Crippen LogP contribution in [-0.4, -0.2) is 67.2 Å². The highest BCUT2D eigenvalue weighted by Gasteiger charge is 2.39.